The summed E-state index contributed by atoms with van der Waals surface area (Å²) in [6.45, 7) is 5.96. The van der Waals surface area contributed by atoms with Crippen molar-refractivity contribution >= 4 is 18.3 Å². The topological polar surface area (TPSA) is 50.4 Å². The van der Waals surface area contributed by atoms with Gasteiger partial charge >= 0.3 is 0 Å². The second-order valence-electron chi connectivity index (χ2n) is 6.36. The van der Waals surface area contributed by atoms with Crippen LogP contribution in [-0.2, 0) is 14.9 Å². The average molecular weight is 327 g/mol. The van der Waals surface area contributed by atoms with E-state index in [1.165, 1.54) is 5.56 Å². The highest BCUT2D eigenvalue weighted by Gasteiger charge is 2.29. The SMILES string of the molecule is CO[C@H]1CNCC1NC(=O)CCC(C)(C)c1ccccc1.Cl. The Morgan fingerprint density at radius 3 is 2.64 bits per heavy atom. The van der Waals surface area contributed by atoms with Crippen LogP contribution in [0.2, 0.25) is 0 Å². The molecule has 2 atom stereocenters. The molecule has 22 heavy (non-hydrogen) atoms. The Balaban J connectivity index is 0.00000242. The van der Waals surface area contributed by atoms with E-state index in [1.54, 1.807) is 7.11 Å². The molecule has 0 bridgehead atoms. The number of benzene rings is 1. The zero-order valence-corrected chi connectivity index (χ0v) is 14.4. The van der Waals surface area contributed by atoms with Gasteiger partial charge in [0.2, 0.25) is 5.91 Å². The molecule has 1 heterocycles. The number of ether oxygens (including phenoxy) is 1. The highest BCUT2D eigenvalue weighted by atomic mass is 35.5. The lowest BCUT2D eigenvalue weighted by atomic mass is 9.80. The van der Waals surface area contributed by atoms with E-state index in [-0.39, 0.29) is 35.9 Å². The lowest BCUT2D eigenvalue weighted by molar-refractivity contribution is -0.122. The van der Waals surface area contributed by atoms with E-state index >= 15 is 0 Å². The van der Waals surface area contributed by atoms with E-state index < -0.39 is 0 Å². The van der Waals surface area contributed by atoms with E-state index in [2.05, 4.69) is 36.6 Å². The van der Waals surface area contributed by atoms with Gasteiger partial charge in [0, 0.05) is 26.6 Å². The normalized spacial score (nSPS) is 21.2. The molecule has 1 unspecified atom stereocenters. The molecule has 5 heteroatoms. The molecule has 1 saturated heterocycles. The van der Waals surface area contributed by atoms with Crippen molar-refractivity contribution < 1.29 is 9.53 Å². The monoisotopic (exact) mass is 326 g/mol. The zero-order valence-electron chi connectivity index (χ0n) is 13.6. The fourth-order valence-corrected chi connectivity index (χ4v) is 2.79. The Hall–Kier alpha value is -1.10. The molecule has 4 nitrogen and oxygen atoms in total. The average Bonchev–Trinajstić information content (AvgIpc) is 2.93. The summed E-state index contributed by atoms with van der Waals surface area (Å²) in [7, 11) is 1.69. The molecule has 2 rings (SSSR count). The molecule has 0 spiro atoms. The molecular weight excluding hydrogens is 300 g/mol. The van der Waals surface area contributed by atoms with Gasteiger partial charge < -0.3 is 15.4 Å². The van der Waals surface area contributed by atoms with Crippen molar-refractivity contribution in [3.8, 4) is 0 Å². The third kappa shape index (κ3) is 4.97. The maximum Gasteiger partial charge on any atom is 0.220 e. The molecule has 0 aliphatic carbocycles. The first-order valence-electron chi connectivity index (χ1n) is 7.61. The fraction of sp³-hybridized carbons (Fsp3) is 0.588. The highest BCUT2D eigenvalue weighted by molar-refractivity contribution is 5.85. The van der Waals surface area contributed by atoms with Crippen LogP contribution in [0.25, 0.3) is 0 Å². The third-order valence-corrected chi connectivity index (χ3v) is 4.34. The number of hydrogen-bond donors (Lipinski definition) is 2. The molecule has 124 valence electrons. The number of methoxy groups -OCH3 is 1. The van der Waals surface area contributed by atoms with Crippen LogP contribution in [0.1, 0.15) is 32.3 Å². The van der Waals surface area contributed by atoms with Crippen molar-refractivity contribution in [3.05, 3.63) is 35.9 Å². The second-order valence-corrected chi connectivity index (χ2v) is 6.36. The first-order valence-corrected chi connectivity index (χ1v) is 7.61. The molecule has 1 amide bonds. The summed E-state index contributed by atoms with van der Waals surface area (Å²) in [5.74, 6) is 0.106. The lowest BCUT2D eigenvalue weighted by Crippen LogP contribution is -2.43. The Morgan fingerprint density at radius 1 is 1.32 bits per heavy atom. The van der Waals surface area contributed by atoms with Gasteiger partial charge in [0.05, 0.1) is 12.1 Å². The quantitative estimate of drug-likeness (QED) is 0.843. The molecule has 0 saturated carbocycles. The summed E-state index contributed by atoms with van der Waals surface area (Å²) in [6.07, 6.45) is 1.45. The van der Waals surface area contributed by atoms with Crippen LogP contribution in [0, 0.1) is 0 Å². The minimum absolute atomic E-state index is 0. The van der Waals surface area contributed by atoms with Crippen molar-refractivity contribution in [2.24, 2.45) is 0 Å². The van der Waals surface area contributed by atoms with E-state index in [4.69, 9.17) is 4.74 Å². The van der Waals surface area contributed by atoms with Crippen molar-refractivity contribution in [2.45, 2.75) is 44.2 Å². The Labute approximate surface area is 139 Å². The summed E-state index contributed by atoms with van der Waals surface area (Å²) >= 11 is 0. The second kappa shape index (κ2) is 8.51. The molecular formula is C17H27ClN2O2. The van der Waals surface area contributed by atoms with Crippen molar-refractivity contribution in [1.29, 1.82) is 0 Å². The van der Waals surface area contributed by atoms with Crippen molar-refractivity contribution in [2.75, 3.05) is 20.2 Å². The molecule has 0 aromatic heterocycles. The summed E-state index contributed by atoms with van der Waals surface area (Å²) in [6, 6.07) is 10.4. The van der Waals surface area contributed by atoms with Gasteiger partial charge in [-0.25, -0.2) is 0 Å². The molecule has 0 radical (unpaired) electrons. The largest absolute Gasteiger partial charge is 0.378 e. The van der Waals surface area contributed by atoms with E-state index in [0.29, 0.717) is 6.42 Å². The number of carbonyl (C=O) groups excluding carboxylic acids is 1. The predicted octanol–water partition coefficient (Wildman–Crippen LogP) is 2.27. The minimum Gasteiger partial charge on any atom is -0.378 e. The van der Waals surface area contributed by atoms with Gasteiger partial charge in [-0.2, -0.15) is 0 Å². The highest BCUT2D eigenvalue weighted by Crippen LogP contribution is 2.28. The summed E-state index contributed by atoms with van der Waals surface area (Å²) < 4.78 is 5.36. The van der Waals surface area contributed by atoms with Gasteiger partial charge in [-0.05, 0) is 17.4 Å². The predicted molar refractivity (Wildman–Crippen MR) is 91.5 cm³/mol. The molecule has 1 aromatic carbocycles. The van der Waals surface area contributed by atoms with Gasteiger partial charge in [0.25, 0.3) is 0 Å². The van der Waals surface area contributed by atoms with Gasteiger partial charge in [-0.1, -0.05) is 44.2 Å². The van der Waals surface area contributed by atoms with Gasteiger partial charge in [-0.3, -0.25) is 4.79 Å². The van der Waals surface area contributed by atoms with Crippen LogP contribution in [0.15, 0.2) is 30.3 Å². The Morgan fingerprint density at radius 2 is 2.00 bits per heavy atom. The van der Waals surface area contributed by atoms with Crippen LogP contribution in [0.3, 0.4) is 0 Å². The molecule has 2 N–H and O–H groups in total. The van der Waals surface area contributed by atoms with Crippen LogP contribution in [-0.4, -0.2) is 38.3 Å². The van der Waals surface area contributed by atoms with Crippen LogP contribution >= 0.6 is 12.4 Å². The maximum atomic E-state index is 12.1. The standard InChI is InChI=1S/C17H26N2O2.ClH/c1-17(2,13-7-5-4-6-8-13)10-9-16(20)19-14-11-18-12-15(14)21-3;/h4-8,14-15,18H,9-12H2,1-3H3,(H,19,20);1H/t14?,15-;/m0./s1. The number of rotatable bonds is 6. The molecule has 1 aromatic rings. The van der Waals surface area contributed by atoms with E-state index in [1.807, 2.05) is 18.2 Å². The number of amides is 1. The van der Waals surface area contributed by atoms with Crippen LogP contribution in [0.5, 0.6) is 0 Å². The number of hydrogen-bond acceptors (Lipinski definition) is 3. The van der Waals surface area contributed by atoms with Gasteiger partial charge in [0.15, 0.2) is 0 Å². The summed E-state index contributed by atoms with van der Waals surface area (Å²) in [5.41, 5.74) is 1.28. The van der Waals surface area contributed by atoms with E-state index in [0.717, 1.165) is 19.5 Å². The first kappa shape index (κ1) is 18.9. The third-order valence-electron chi connectivity index (χ3n) is 4.34. The first-order chi connectivity index (χ1) is 10.0. The minimum atomic E-state index is 0. The number of nitrogens with one attached hydrogen (secondary N) is 2. The molecule has 1 fully saturated rings. The summed E-state index contributed by atoms with van der Waals surface area (Å²) in [4.78, 5) is 12.1. The molecule has 1 aliphatic heterocycles. The lowest BCUT2D eigenvalue weighted by Gasteiger charge is -2.26. The summed E-state index contributed by atoms with van der Waals surface area (Å²) in [5, 5.41) is 6.31. The fourth-order valence-electron chi connectivity index (χ4n) is 2.79. The van der Waals surface area contributed by atoms with Crippen LogP contribution in [0.4, 0.5) is 0 Å². The smallest absolute Gasteiger partial charge is 0.220 e. The molecule has 1 aliphatic rings. The number of halogens is 1. The Bertz CT molecular complexity index is 465. The number of carbonyl (C=O) groups is 1. The Kier molecular flexibility index (Phi) is 7.33. The maximum absolute atomic E-state index is 12.1. The van der Waals surface area contributed by atoms with Gasteiger partial charge in [-0.15, -0.1) is 12.4 Å². The van der Waals surface area contributed by atoms with Crippen molar-refractivity contribution in [1.82, 2.24) is 10.6 Å². The zero-order chi connectivity index (χ0) is 15.3. The van der Waals surface area contributed by atoms with Crippen molar-refractivity contribution in [3.63, 3.8) is 0 Å². The van der Waals surface area contributed by atoms with Gasteiger partial charge in [0.1, 0.15) is 0 Å². The van der Waals surface area contributed by atoms with E-state index in [9.17, 15) is 4.79 Å². The van der Waals surface area contributed by atoms with Crippen LogP contribution < -0.4 is 10.6 Å².